The summed E-state index contributed by atoms with van der Waals surface area (Å²) in [6, 6.07) is 9.49. The van der Waals surface area contributed by atoms with Crippen LogP contribution in [0, 0.1) is 0 Å². The Bertz CT molecular complexity index is 327. The number of hydrogen-bond donors (Lipinski definition) is 2. The van der Waals surface area contributed by atoms with E-state index in [9.17, 15) is 4.79 Å². The van der Waals surface area contributed by atoms with Gasteiger partial charge in [-0.25, -0.2) is 4.79 Å². The molecule has 1 atom stereocenters. The van der Waals surface area contributed by atoms with Gasteiger partial charge in [0.15, 0.2) is 0 Å². The average molecular weight is 237 g/mol. The van der Waals surface area contributed by atoms with Crippen molar-refractivity contribution in [2.45, 2.75) is 32.4 Å². The van der Waals surface area contributed by atoms with E-state index in [4.69, 9.17) is 9.84 Å². The molecular formula is C13H19NO3. The highest BCUT2D eigenvalue weighted by molar-refractivity contribution is 5.67. The molecule has 0 spiro atoms. The highest BCUT2D eigenvalue weighted by Gasteiger charge is 2.10. The number of aliphatic hydroxyl groups excluding tert-OH is 1. The van der Waals surface area contributed by atoms with Crippen LogP contribution in [0.3, 0.4) is 0 Å². The van der Waals surface area contributed by atoms with Gasteiger partial charge in [-0.05, 0) is 18.4 Å². The molecule has 1 amide bonds. The maximum absolute atomic E-state index is 11.4. The molecule has 0 heterocycles. The molecule has 0 bridgehead atoms. The first-order valence-electron chi connectivity index (χ1n) is 5.84. The molecule has 94 valence electrons. The summed E-state index contributed by atoms with van der Waals surface area (Å²) >= 11 is 0. The van der Waals surface area contributed by atoms with Crippen LogP contribution < -0.4 is 5.32 Å². The van der Waals surface area contributed by atoms with Gasteiger partial charge >= 0.3 is 6.09 Å². The van der Waals surface area contributed by atoms with Crippen molar-refractivity contribution in [3.05, 3.63) is 35.9 Å². The molecular weight excluding hydrogens is 218 g/mol. The molecule has 0 aliphatic carbocycles. The topological polar surface area (TPSA) is 58.6 Å². The highest BCUT2D eigenvalue weighted by Crippen LogP contribution is 2.02. The van der Waals surface area contributed by atoms with E-state index in [1.165, 1.54) is 0 Å². The van der Waals surface area contributed by atoms with E-state index < -0.39 is 6.09 Å². The maximum atomic E-state index is 11.4. The second-order valence-corrected chi connectivity index (χ2v) is 3.82. The molecule has 0 fully saturated rings. The Labute approximate surface area is 102 Å². The van der Waals surface area contributed by atoms with Crippen LogP contribution in [-0.2, 0) is 11.3 Å². The standard InChI is InChI=1S/C13H19NO3/c1-2-12(8-9-15)14-13(16)17-10-11-6-4-3-5-7-11/h3-7,12,15H,2,8-10H2,1H3,(H,14,16)/t12-/m1/s1. The quantitative estimate of drug-likeness (QED) is 0.796. The summed E-state index contributed by atoms with van der Waals surface area (Å²) in [7, 11) is 0. The molecule has 0 aliphatic heterocycles. The monoisotopic (exact) mass is 237 g/mol. The lowest BCUT2D eigenvalue weighted by Gasteiger charge is -2.15. The summed E-state index contributed by atoms with van der Waals surface area (Å²) in [5.41, 5.74) is 0.956. The number of ether oxygens (including phenoxy) is 1. The lowest BCUT2D eigenvalue weighted by Crippen LogP contribution is -2.35. The first kappa shape index (κ1) is 13.5. The number of aliphatic hydroxyl groups is 1. The zero-order valence-electron chi connectivity index (χ0n) is 10.1. The van der Waals surface area contributed by atoms with E-state index in [2.05, 4.69) is 5.32 Å². The summed E-state index contributed by atoms with van der Waals surface area (Å²) in [6.07, 6.45) is 0.895. The third-order valence-electron chi connectivity index (χ3n) is 2.51. The Hall–Kier alpha value is -1.55. The minimum Gasteiger partial charge on any atom is -0.445 e. The number of amides is 1. The zero-order chi connectivity index (χ0) is 12.5. The number of hydrogen-bond acceptors (Lipinski definition) is 3. The number of rotatable bonds is 6. The Morgan fingerprint density at radius 1 is 1.41 bits per heavy atom. The molecule has 0 saturated heterocycles. The van der Waals surface area contributed by atoms with Crippen LogP contribution in [-0.4, -0.2) is 23.8 Å². The lowest BCUT2D eigenvalue weighted by atomic mass is 10.2. The van der Waals surface area contributed by atoms with Crippen LogP contribution in [0.15, 0.2) is 30.3 Å². The van der Waals surface area contributed by atoms with Crippen LogP contribution in [0.1, 0.15) is 25.3 Å². The van der Waals surface area contributed by atoms with Crippen molar-refractivity contribution in [1.82, 2.24) is 5.32 Å². The summed E-state index contributed by atoms with van der Waals surface area (Å²) in [4.78, 5) is 11.4. The van der Waals surface area contributed by atoms with Gasteiger partial charge in [-0.1, -0.05) is 37.3 Å². The second kappa shape index (κ2) is 7.68. The Morgan fingerprint density at radius 2 is 2.12 bits per heavy atom. The fourth-order valence-electron chi connectivity index (χ4n) is 1.47. The van der Waals surface area contributed by atoms with Crippen molar-refractivity contribution in [3.63, 3.8) is 0 Å². The van der Waals surface area contributed by atoms with Crippen molar-refractivity contribution in [1.29, 1.82) is 0 Å². The Balaban J connectivity index is 2.30. The largest absolute Gasteiger partial charge is 0.445 e. The number of carbonyl (C=O) groups is 1. The number of nitrogens with one attached hydrogen (secondary N) is 1. The van der Waals surface area contributed by atoms with Gasteiger partial charge in [0.25, 0.3) is 0 Å². The third kappa shape index (κ3) is 5.36. The summed E-state index contributed by atoms with van der Waals surface area (Å²) < 4.78 is 5.08. The average Bonchev–Trinajstić information content (AvgIpc) is 2.37. The summed E-state index contributed by atoms with van der Waals surface area (Å²) in [5, 5.41) is 11.5. The molecule has 0 aliphatic rings. The molecule has 1 aromatic rings. The molecule has 0 saturated carbocycles. The number of carbonyl (C=O) groups excluding carboxylic acids is 1. The SMILES string of the molecule is CC[C@H](CCO)NC(=O)OCc1ccccc1. The van der Waals surface area contributed by atoms with Crippen molar-refractivity contribution in [2.24, 2.45) is 0 Å². The highest BCUT2D eigenvalue weighted by atomic mass is 16.5. The Kier molecular flexibility index (Phi) is 6.10. The molecule has 0 aromatic heterocycles. The van der Waals surface area contributed by atoms with Gasteiger partial charge < -0.3 is 15.2 Å². The smallest absolute Gasteiger partial charge is 0.407 e. The normalized spacial score (nSPS) is 11.9. The van der Waals surface area contributed by atoms with Gasteiger partial charge in [0.05, 0.1) is 0 Å². The first-order valence-corrected chi connectivity index (χ1v) is 5.84. The first-order chi connectivity index (χ1) is 8.26. The van der Waals surface area contributed by atoms with Gasteiger partial charge in [-0.15, -0.1) is 0 Å². The van der Waals surface area contributed by atoms with E-state index in [0.29, 0.717) is 6.42 Å². The molecule has 4 nitrogen and oxygen atoms in total. The van der Waals surface area contributed by atoms with E-state index in [0.717, 1.165) is 12.0 Å². The minimum atomic E-state index is -0.436. The number of alkyl carbamates (subject to hydrolysis) is 1. The van der Waals surface area contributed by atoms with Crippen LogP contribution in [0.4, 0.5) is 4.79 Å². The molecule has 4 heteroatoms. The van der Waals surface area contributed by atoms with Crippen LogP contribution in [0.2, 0.25) is 0 Å². The van der Waals surface area contributed by atoms with E-state index in [1.54, 1.807) is 0 Å². The molecule has 2 N–H and O–H groups in total. The van der Waals surface area contributed by atoms with E-state index in [-0.39, 0.29) is 19.3 Å². The van der Waals surface area contributed by atoms with Crippen molar-refractivity contribution in [3.8, 4) is 0 Å². The molecule has 0 unspecified atom stereocenters. The summed E-state index contributed by atoms with van der Waals surface area (Å²) in [6.45, 7) is 2.29. The Morgan fingerprint density at radius 3 is 2.71 bits per heavy atom. The van der Waals surface area contributed by atoms with E-state index >= 15 is 0 Å². The van der Waals surface area contributed by atoms with Crippen molar-refractivity contribution < 1.29 is 14.6 Å². The van der Waals surface area contributed by atoms with Crippen molar-refractivity contribution >= 4 is 6.09 Å². The van der Waals surface area contributed by atoms with Gasteiger partial charge in [-0.3, -0.25) is 0 Å². The predicted octanol–water partition coefficient (Wildman–Crippen LogP) is 2.07. The lowest BCUT2D eigenvalue weighted by molar-refractivity contribution is 0.133. The zero-order valence-corrected chi connectivity index (χ0v) is 10.1. The maximum Gasteiger partial charge on any atom is 0.407 e. The van der Waals surface area contributed by atoms with Crippen molar-refractivity contribution in [2.75, 3.05) is 6.61 Å². The van der Waals surface area contributed by atoms with Gasteiger partial charge in [0.1, 0.15) is 6.61 Å². The van der Waals surface area contributed by atoms with Gasteiger partial charge in [-0.2, -0.15) is 0 Å². The molecule has 1 aromatic carbocycles. The number of benzene rings is 1. The van der Waals surface area contributed by atoms with Gasteiger partial charge in [0.2, 0.25) is 0 Å². The predicted molar refractivity (Wildman–Crippen MR) is 65.5 cm³/mol. The molecule has 17 heavy (non-hydrogen) atoms. The van der Waals surface area contributed by atoms with E-state index in [1.807, 2.05) is 37.3 Å². The minimum absolute atomic E-state index is 0.0247. The van der Waals surface area contributed by atoms with Crippen LogP contribution in [0.5, 0.6) is 0 Å². The fraction of sp³-hybridized carbons (Fsp3) is 0.462. The third-order valence-corrected chi connectivity index (χ3v) is 2.51. The molecule has 1 rings (SSSR count). The van der Waals surface area contributed by atoms with Gasteiger partial charge in [0, 0.05) is 12.6 Å². The fourth-order valence-corrected chi connectivity index (χ4v) is 1.47. The second-order valence-electron chi connectivity index (χ2n) is 3.82. The summed E-state index contributed by atoms with van der Waals surface area (Å²) in [5.74, 6) is 0. The van der Waals surface area contributed by atoms with Crippen LogP contribution >= 0.6 is 0 Å². The van der Waals surface area contributed by atoms with Crippen LogP contribution in [0.25, 0.3) is 0 Å². The molecule has 0 radical (unpaired) electrons.